The van der Waals surface area contributed by atoms with Gasteiger partial charge in [-0.1, -0.05) is 22.6 Å². The zero-order chi connectivity index (χ0) is 9.52. The number of allylic oxidation sites excluding steroid dienone is 4. The quantitative estimate of drug-likeness (QED) is 0.327. The first-order valence-electron chi connectivity index (χ1n) is 2.82. The molecule has 0 N–H and O–H groups in total. The van der Waals surface area contributed by atoms with Gasteiger partial charge in [-0.15, -0.1) is 0 Å². The lowest BCUT2D eigenvalue weighted by molar-refractivity contribution is 0.282. The van der Waals surface area contributed by atoms with Crippen molar-refractivity contribution in [2.75, 3.05) is 0 Å². The van der Waals surface area contributed by atoms with Crippen LogP contribution in [-0.4, -0.2) is 7.60 Å². The van der Waals surface area contributed by atoms with Crippen LogP contribution >= 0.6 is 45.2 Å². The van der Waals surface area contributed by atoms with Gasteiger partial charge in [-0.05, 0) is 28.7 Å². The van der Waals surface area contributed by atoms with Crippen LogP contribution in [0.4, 0.5) is 17.6 Å². The van der Waals surface area contributed by atoms with Gasteiger partial charge in [0.1, 0.15) is 0 Å². The van der Waals surface area contributed by atoms with Crippen molar-refractivity contribution in [2.45, 2.75) is 7.60 Å². The van der Waals surface area contributed by atoms with Crippen LogP contribution in [0.2, 0.25) is 0 Å². The van der Waals surface area contributed by atoms with Crippen LogP contribution in [0.15, 0.2) is 23.6 Å². The van der Waals surface area contributed by atoms with Crippen molar-refractivity contribution in [3.8, 4) is 0 Å². The van der Waals surface area contributed by atoms with Crippen LogP contribution in [0, 0.1) is 0 Å². The second kappa shape index (κ2) is 3.43. The zero-order valence-electron chi connectivity index (χ0n) is 5.42. The average Bonchev–Trinajstić information content (AvgIpc) is 1.99. The van der Waals surface area contributed by atoms with Gasteiger partial charge in [-0.3, -0.25) is 0 Å². The molecule has 2 unspecified atom stereocenters. The summed E-state index contributed by atoms with van der Waals surface area (Å²) in [6.45, 7) is 0. The van der Waals surface area contributed by atoms with Gasteiger partial charge in [0.25, 0.3) is 3.68 Å². The number of alkyl halides is 3. The van der Waals surface area contributed by atoms with E-state index in [0.717, 1.165) is 22.6 Å². The number of hydrogen-bond donors (Lipinski definition) is 0. The Balaban J connectivity index is 3.16. The first-order valence-corrected chi connectivity index (χ1v) is 5.15. The molecule has 0 amide bonds. The zero-order valence-corrected chi connectivity index (χ0v) is 9.74. The van der Waals surface area contributed by atoms with E-state index in [2.05, 4.69) is 0 Å². The second-order valence-electron chi connectivity index (χ2n) is 2.15. The highest BCUT2D eigenvalue weighted by molar-refractivity contribution is 14.1. The fourth-order valence-electron chi connectivity index (χ4n) is 0.682. The van der Waals surface area contributed by atoms with E-state index in [1.54, 1.807) is 0 Å². The third-order valence-electron chi connectivity index (χ3n) is 1.32. The van der Waals surface area contributed by atoms with Gasteiger partial charge >= 0.3 is 0 Å². The molecular formula is C6H2F4I2. The Morgan fingerprint density at radius 3 is 2.33 bits per heavy atom. The SMILES string of the molecule is FC1=CC(I)C(F)=C(F)C1(F)I. The molecule has 12 heavy (non-hydrogen) atoms. The smallest absolute Gasteiger partial charge is 0.216 e. The molecule has 6 heteroatoms. The standard InChI is InChI=1S/C6H2F4I2/c7-3-1-2(11)4(8)5(9)6(3,10)12/h1-2H. The van der Waals surface area contributed by atoms with Crippen LogP contribution in [0.25, 0.3) is 0 Å². The summed E-state index contributed by atoms with van der Waals surface area (Å²) in [7, 11) is 0. The fourth-order valence-corrected chi connectivity index (χ4v) is 1.71. The van der Waals surface area contributed by atoms with Crippen molar-refractivity contribution in [1.29, 1.82) is 0 Å². The fraction of sp³-hybridized carbons (Fsp3) is 0.333. The minimum Gasteiger partial charge on any atom is -0.216 e. The summed E-state index contributed by atoms with van der Waals surface area (Å²) in [4.78, 5) is 0. The minimum absolute atomic E-state index is 0.714. The highest BCUT2D eigenvalue weighted by atomic mass is 127. The average molecular weight is 404 g/mol. The maximum absolute atomic E-state index is 12.9. The summed E-state index contributed by atoms with van der Waals surface area (Å²) in [6.07, 6.45) is 0.714. The monoisotopic (exact) mass is 404 g/mol. The molecule has 0 saturated carbocycles. The van der Waals surface area contributed by atoms with Crippen molar-refractivity contribution in [3.05, 3.63) is 23.6 Å². The van der Waals surface area contributed by atoms with Crippen LogP contribution in [0.3, 0.4) is 0 Å². The Hall–Kier alpha value is 0.660. The second-order valence-corrected chi connectivity index (χ2v) is 4.98. The van der Waals surface area contributed by atoms with E-state index in [9.17, 15) is 17.6 Å². The van der Waals surface area contributed by atoms with Crippen molar-refractivity contribution >= 4 is 45.2 Å². The maximum atomic E-state index is 12.9. The first-order chi connectivity index (χ1) is 5.37. The van der Waals surface area contributed by atoms with E-state index in [0.29, 0.717) is 6.08 Å². The highest BCUT2D eigenvalue weighted by Gasteiger charge is 2.44. The molecule has 1 aliphatic rings. The van der Waals surface area contributed by atoms with Crippen molar-refractivity contribution in [1.82, 2.24) is 0 Å². The molecule has 0 saturated heterocycles. The molecule has 0 aliphatic heterocycles. The molecule has 0 aromatic rings. The molecule has 68 valence electrons. The molecule has 0 aromatic carbocycles. The van der Waals surface area contributed by atoms with Gasteiger partial charge in [0.05, 0.1) is 3.92 Å². The summed E-state index contributed by atoms with van der Waals surface area (Å²) in [5.41, 5.74) is 0. The molecule has 0 radical (unpaired) electrons. The molecule has 1 rings (SSSR count). The maximum Gasteiger partial charge on any atom is 0.264 e. The van der Waals surface area contributed by atoms with Gasteiger partial charge in [0, 0.05) is 0 Å². The van der Waals surface area contributed by atoms with Crippen LogP contribution < -0.4 is 0 Å². The number of rotatable bonds is 0. The van der Waals surface area contributed by atoms with E-state index in [1.165, 1.54) is 22.6 Å². The van der Waals surface area contributed by atoms with Gasteiger partial charge in [0.15, 0.2) is 17.5 Å². The first kappa shape index (κ1) is 10.7. The number of halogens is 6. The van der Waals surface area contributed by atoms with Gasteiger partial charge in [-0.25, -0.2) is 17.6 Å². The van der Waals surface area contributed by atoms with E-state index in [4.69, 9.17) is 0 Å². The highest BCUT2D eigenvalue weighted by Crippen LogP contribution is 2.46. The van der Waals surface area contributed by atoms with Gasteiger partial charge in [0.2, 0.25) is 0 Å². The van der Waals surface area contributed by atoms with Crippen molar-refractivity contribution in [3.63, 3.8) is 0 Å². The molecule has 2 atom stereocenters. The Kier molecular flexibility index (Phi) is 3.07. The predicted molar refractivity (Wildman–Crippen MR) is 54.1 cm³/mol. The number of hydrogen-bond acceptors (Lipinski definition) is 0. The lowest BCUT2D eigenvalue weighted by Crippen LogP contribution is -2.23. The minimum atomic E-state index is -2.95. The predicted octanol–water partition coefficient (Wildman–Crippen LogP) is 3.91. The summed E-state index contributed by atoms with van der Waals surface area (Å²) in [6, 6.07) is 0. The largest absolute Gasteiger partial charge is 0.264 e. The Morgan fingerprint density at radius 2 is 1.83 bits per heavy atom. The van der Waals surface area contributed by atoms with E-state index in [-0.39, 0.29) is 0 Å². The third kappa shape index (κ3) is 1.64. The van der Waals surface area contributed by atoms with Crippen LogP contribution in [-0.2, 0) is 0 Å². The van der Waals surface area contributed by atoms with E-state index < -0.39 is 25.1 Å². The van der Waals surface area contributed by atoms with E-state index >= 15 is 0 Å². The Bertz CT molecular complexity index is 269. The lowest BCUT2D eigenvalue weighted by Gasteiger charge is -2.20. The van der Waals surface area contributed by atoms with Gasteiger partial charge < -0.3 is 0 Å². The molecule has 1 aliphatic carbocycles. The summed E-state index contributed by atoms with van der Waals surface area (Å²) >= 11 is 2.35. The van der Waals surface area contributed by atoms with Gasteiger partial charge in [-0.2, -0.15) is 0 Å². The normalized spacial score (nSPS) is 36.8. The molecule has 0 heterocycles. The summed E-state index contributed by atoms with van der Waals surface area (Å²) in [5, 5.41) is 0. The summed E-state index contributed by atoms with van der Waals surface area (Å²) < 4.78 is 47.0. The molecule has 0 spiro atoms. The lowest BCUT2D eigenvalue weighted by atomic mass is 10.1. The van der Waals surface area contributed by atoms with Crippen LogP contribution in [0.5, 0.6) is 0 Å². The topological polar surface area (TPSA) is 0 Å². The molecule has 0 bridgehead atoms. The van der Waals surface area contributed by atoms with E-state index in [1.807, 2.05) is 0 Å². The summed E-state index contributed by atoms with van der Waals surface area (Å²) in [5.74, 6) is -4.22. The van der Waals surface area contributed by atoms with Crippen molar-refractivity contribution in [2.24, 2.45) is 0 Å². The third-order valence-corrected chi connectivity index (χ3v) is 3.22. The molecule has 0 aromatic heterocycles. The molecular weight excluding hydrogens is 402 g/mol. The molecule has 0 nitrogen and oxygen atoms in total. The molecule has 0 fully saturated rings. The Morgan fingerprint density at radius 1 is 1.33 bits per heavy atom. The Labute approximate surface area is 93.4 Å². The van der Waals surface area contributed by atoms with Crippen LogP contribution in [0.1, 0.15) is 0 Å². The van der Waals surface area contributed by atoms with Crippen molar-refractivity contribution < 1.29 is 17.6 Å².